The summed E-state index contributed by atoms with van der Waals surface area (Å²) in [5, 5.41) is 13.5. The maximum absolute atomic E-state index is 11.4. The molecule has 6 heteroatoms. The molecular formula is C36H34N3O2Pt-. The third-order valence-corrected chi connectivity index (χ3v) is 7.42. The zero-order chi connectivity index (χ0) is 28.9. The van der Waals surface area contributed by atoms with Gasteiger partial charge in [0.2, 0.25) is 11.8 Å². The number of phenolic OH excluding ortho intramolecular Hbond substituents is 1. The van der Waals surface area contributed by atoms with Gasteiger partial charge in [-0.05, 0) is 40.7 Å². The average molecular weight is 736 g/mol. The first-order valence-electron chi connectivity index (χ1n) is 13.9. The summed E-state index contributed by atoms with van der Waals surface area (Å²) in [5.74, 6) is 1.09. The summed E-state index contributed by atoms with van der Waals surface area (Å²) >= 11 is 0. The van der Waals surface area contributed by atoms with Crippen molar-refractivity contribution in [2.75, 3.05) is 0 Å². The molecule has 0 spiro atoms. The Bertz CT molecular complexity index is 1900. The van der Waals surface area contributed by atoms with E-state index in [9.17, 15) is 5.11 Å². The van der Waals surface area contributed by atoms with E-state index in [-0.39, 0.29) is 37.6 Å². The number of benzene rings is 3. The zero-order valence-corrected chi connectivity index (χ0v) is 26.9. The van der Waals surface area contributed by atoms with Crippen LogP contribution in [0.15, 0.2) is 91.0 Å². The molecule has 6 rings (SSSR count). The van der Waals surface area contributed by atoms with E-state index < -0.39 is 0 Å². The Morgan fingerprint density at radius 1 is 0.738 bits per heavy atom. The number of pyridine rings is 2. The summed E-state index contributed by atoms with van der Waals surface area (Å²) in [5.41, 5.74) is 5.79. The molecule has 3 heterocycles. The van der Waals surface area contributed by atoms with E-state index in [0.717, 1.165) is 38.8 Å². The molecule has 0 amide bonds. The summed E-state index contributed by atoms with van der Waals surface area (Å²) in [7, 11) is 0. The van der Waals surface area contributed by atoms with E-state index in [1.807, 2.05) is 72.8 Å². The Hall–Kier alpha value is -3.95. The molecule has 3 aromatic heterocycles. The van der Waals surface area contributed by atoms with Crippen molar-refractivity contribution in [2.24, 2.45) is 0 Å². The van der Waals surface area contributed by atoms with Crippen LogP contribution in [0.3, 0.4) is 0 Å². The van der Waals surface area contributed by atoms with Crippen molar-refractivity contribution in [3.05, 3.63) is 108 Å². The van der Waals surface area contributed by atoms with Gasteiger partial charge in [-0.25, -0.2) is 4.98 Å². The van der Waals surface area contributed by atoms with E-state index >= 15 is 0 Å². The van der Waals surface area contributed by atoms with Gasteiger partial charge in [0.25, 0.3) is 0 Å². The maximum atomic E-state index is 11.4. The number of fused-ring (bicyclic) bond motifs is 3. The van der Waals surface area contributed by atoms with Gasteiger partial charge in [-0.1, -0.05) is 77.6 Å². The Balaban J connectivity index is 0.00000353. The molecule has 5 nitrogen and oxygen atoms in total. The SMILES string of the molecule is CC(C)(C)c1cc(-c2cccc(Oc3ccc4c5ccccc5n(-c5[c-]cccc5)c4n3)n2)c(O)c(C(C)(C)C)c1.[Pt]. The summed E-state index contributed by atoms with van der Waals surface area (Å²) in [6, 6.07) is 33.1. The van der Waals surface area contributed by atoms with Crippen molar-refractivity contribution in [2.45, 2.75) is 52.4 Å². The third-order valence-electron chi connectivity index (χ3n) is 7.42. The average Bonchev–Trinajstić information content (AvgIpc) is 3.26. The summed E-state index contributed by atoms with van der Waals surface area (Å²) in [6.45, 7) is 12.9. The molecule has 0 unspecified atom stereocenters. The number of ether oxygens (including phenoxy) is 1. The third kappa shape index (κ3) is 5.46. The van der Waals surface area contributed by atoms with E-state index in [2.05, 4.69) is 70.4 Å². The molecule has 42 heavy (non-hydrogen) atoms. The van der Waals surface area contributed by atoms with Crippen LogP contribution in [0.2, 0.25) is 0 Å². The number of hydrogen-bond acceptors (Lipinski definition) is 4. The summed E-state index contributed by atoms with van der Waals surface area (Å²) in [4.78, 5) is 9.74. The van der Waals surface area contributed by atoms with Crippen molar-refractivity contribution in [1.29, 1.82) is 0 Å². The Morgan fingerprint density at radius 3 is 2.19 bits per heavy atom. The molecule has 0 radical (unpaired) electrons. The van der Waals surface area contributed by atoms with E-state index in [1.165, 1.54) is 0 Å². The number of aromatic nitrogens is 3. The maximum Gasteiger partial charge on any atom is 0.223 e. The molecule has 0 aliphatic rings. The van der Waals surface area contributed by atoms with Crippen LogP contribution >= 0.6 is 0 Å². The minimum absolute atomic E-state index is 0. The summed E-state index contributed by atoms with van der Waals surface area (Å²) in [6.07, 6.45) is 0. The number of phenols is 1. The fraction of sp³-hybridized carbons (Fsp3) is 0.222. The van der Waals surface area contributed by atoms with Crippen molar-refractivity contribution in [3.63, 3.8) is 0 Å². The molecule has 0 saturated heterocycles. The molecule has 0 saturated carbocycles. The molecule has 3 aromatic carbocycles. The normalized spacial score (nSPS) is 12.0. The number of rotatable bonds is 4. The first-order chi connectivity index (χ1) is 19.5. The molecule has 6 aromatic rings. The van der Waals surface area contributed by atoms with Gasteiger partial charge in [-0.2, -0.15) is 29.2 Å². The number of para-hydroxylation sites is 2. The van der Waals surface area contributed by atoms with Gasteiger partial charge in [-0.15, -0.1) is 6.07 Å². The van der Waals surface area contributed by atoms with Crippen LogP contribution in [0.1, 0.15) is 52.7 Å². The van der Waals surface area contributed by atoms with Crippen LogP contribution in [0, 0.1) is 6.07 Å². The largest absolute Gasteiger partial charge is 0.507 e. The van der Waals surface area contributed by atoms with E-state index in [0.29, 0.717) is 23.0 Å². The Kier molecular flexibility index (Phi) is 7.76. The fourth-order valence-electron chi connectivity index (χ4n) is 5.21. The monoisotopic (exact) mass is 735 g/mol. The van der Waals surface area contributed by atoms with E-state index in [1.54, 1.807) is 0 Å². The van der Waals surface area contributed by atoms with Crippen LogP contribution in [0.25, 0.3) is 38.9 Å². The van der Waals surface area contributed by atoms with Crippen LogP contribution < -0.4 is 4.74 Å². The molecule has 1 N–H and O–H groups in total. The van der Waals surface area contributed by atoms with Crippen molar-refractivity contribution >= 4 is 21.9 Å². The van der Waals surface area contributed by atoms with Gasteiger partial charge in [-0.3, -0.25) is 0 Å². The predicted molar refractivity (Wildman–Crippen MR) is 166 cm³/mol. The quantitative estimate of drug-likeness (QED) is 0.184. The molecule has 0 aliphatic carbocycles. The van der Waals surface area contributed by atoms with Crippen LogP contribution in [-0.4, -0.2) is 19.6 Å². The molecule has 216 valence electrons. The number of aromatic hydroxyl groups is 1. The number of nitrogens with zero attached hydrogens (tertiary/aromatic N) is 3. The van der Waals surface area contributed by atoms with Gasteiger partial charge >= 0.3 is 0 Å². The van der Waals surface area contributed by atoms with Gasteiger partial charge in [0.15, 0.2) is 0 Å². The molecule has 0 atom stereocenters. The second-order valence-corrected chi connectivity index (χ2v) is 12.5. The first-order valence-corrected chi connectivity index (χ1v) is 13.9. The van der Waals surface area contributed by atoms with Crippen molar-refractivity contribution < 1.29 is 30.9 Å². The van der Waals surface area contributed by atoms with Gasteiger partial charge in [0, 0.05) is 55.1 Å². The minimum Gasteiger partial charge on any atom is -0.507 e. The fourth-order valence-corrected chi connectivity index (χ4v) is 5.21. The van der Waals surface area contributed by atoms with Crippen LogP contribution in [0.5, 0.6) is 17.5 Å². The van der Waals surface area contributed by atoms with E-state index in [4.69, 9.17) is 14.7 Å². The Labute approximate surface area is 261 Å². The Morgan fingerprint density at radius 2 is 1.48 bits per heavy atom. The standard InChI is InChI=1S/C36H34N3O2.Pt/c1-35(2,3)23-21-27(33(40)28(22-23)36(4,5)6)29-16-12-18-31(37-29)41-32-20-19-26-25-15-10-11-17-30(25)39(34(26)38-32)24-13-8-7-9-14-24;/h7-13,15-22,40H,1-6H3;/q-1;. The molecule has 0 bridgehead atoms. The second-order valence-electron chi connectivity index (χ2n) is 12.5. The van der Waals surface area contributed by atoms with Gasteiger partial charge in [0.05, 0.1) is 11.2 Å². The molecular weight excluding hydrogens is 701 g/mol. The first kappa shape index (κ1) is 29.5. The van der Waals surface area contributed by atoms with Crippen molar-refractivity contribution in [1.82, 2.24) is 14.5 Å². The molecule has 0 aliphatic heterocycles. The summed E-state index contributed by atoms with van der Waals surface area (Å²) < 4.78 is 8.35. The topological polar surface area (TPSA) is 60.2 Å². The zero-order valence-electron chi connectivity index (χ0n) is 24.7. The van der Waals surface area contributed by atoms with Gasteiger partial charge < -0.3 is 14.4 Å². The van der Waals surface area contributed by atoms with Gasteiger partial charge in [0.1, 0.15) is 11.4 Å². The minimum atomic E-state index is -0.234. The molecule has 0 fully saturated rings. The van der Waals surface area contributed by atoms with Crippen LogP contribution in [-0.2, 0) is 31.9 Å². The second kappa shape index (κ2) is 11.0. The van der Waals surface area contributed by atoms with Crippen LogP contribution in [0.4, 0.5) is 0 Å². The number of hydrogen-bond donors (Lipinski definition) is 1. The van der Waals surface area contributed by atoms with Crippen molar-refractivity contribution in [3.8, 4) is 34.5 Å². The smallest absolute Gasteiger partial charge is 0.223 e. The predicted octanol–water partition coefficient (Wildman–Crippen LogP) is 9.13.